The predicted octanol–water partition coefficient (Wildman–Crippen LogP) is 4.61. The number of para-hydroxylation sites is 2. The highest BCUT2D eigenvalue weighted by Gasteiger charge is 2.34. The normalized spacial score (nSPS) is 15.1. The van der Waals surface area contributed by atoms with Crippen LogP contribution in [0.3, 0.4) is 0 Å². The largest absolute Gasteiger partial charge is 0.418 e. The number of halogens is 4. The first-order valence-corrected chi connectivity index (χ1v) is 12.1. The number of hydrogen-bond donors (Lipinski definition) is 1. The molecule has 1 amide bonds. The van der Waals surface area contributed by atoms with Crippen molar-refractivity contribution in [1.29, 1.82) is 0 Å². The molecule has 0 aromatic heterocycles. The average molecular weight is 508 g/mol. The van der Waals surface area contributed by atoms with Crippen molar-refractivity contribution >= 4 is 27.3 Å². The van der Waals surface area contributed by atoms with Gasteiger partial charge in [-0.1, -0.05) is 30.3 Å². The van der Waals surface area contributed by atoms with Crippen LogP contribution in [0.5, 0.6) is 0 Å². The first-order valence-electron chi connectivity index (χ1n) is 10.6. The van der Waals surface area contributed by atoms with Crippen molar-refractivity contribution in [3.8, 4) is 0 Å². The van der Waals surface area contributed by atoms with Gasteiger partial charge >= 0.3 is 6.18 Å². The van der Waals surface area contributed by atoms with Gasteiger partial charge in [-0.05, 0) is 42.5 Å². The Hall–Kier alpha value is -3.44. The Morgan fingerprint density at radius 2 is 1.49 bits per heavy atom. The summed E-state index contributed by atoms with van der Waals surface area (Å²) < 4.78 is 81.7. The van der Waals surface area contributed by atoms with Crippen LogP contribution < -0.4 is 10.2 Å². The summed E-state index contributed by atoms with van der Waals surface area (Å²) >= 11 is 0. The summed E-state index contributed by atoms with van der Waals surface area (Å²) in [7, 11) is -4.06. The minimum Gasteiger partial charge on any atom is -0.369 e. The number of carbonyl (C=O) groups is 1. The topological polar surface area (TPSA) is 69.7 Å². The van der Waals surface area contributed by atoms with Gasteiger partial charge in [-0.2, -0.15) is 17.5 Å². The number of amides is 1. The molecule has 11 heteroatoms. The Bertz CT molecular complexity index is 1320. The molecule has 4 rings (SSSR count). The summed E-state index contributed by atoms with van der Waals surface area (Å²) in [5.41, 5.74) is -1.38. The quantitative estimate of drug-likeness (QED) is 0.513. The molecule has 1 saturated heterocycles. The summed E-state index contributed by atoms with van der Waals surface area (Å²) in [6.07, 6.45) is -4.74. The number of nitrogens with one attached hydrogen (secondary N) is 1. The van der Waals surface area contributed by atoms with E-state index in [0.717, 1.165) is 42.1 Å². The molecule has 184 valence electrons. The fourth-order valence-electron chi connectivity index (χ4n) is 3.84. The lowest BCUT2D eigenvalue weighted by atomic mass is 10.1. The fourth-order valence-corrected chi connectivity index (χ4v) is 5.29. The molecule has 0 radical (unpaired) electrons. The third kappa shape index (κ3) is 5.30. The summed E-state index contributed by atoms with van der Waals surface area (Å²) in [4.78, 5) is 14.4. The third-order valence-corrected chi connectivity index (χ3v) is 7.56. The standard InChI is InChI=1S/C24H21F4N3O3S/c25-21-11-10-18(16-19(21)23(32)29-22-9-5-4-8-20(22)24(26,27)28)35(33,34)31-14-12-30(13-15-31)17-6-2-1-3-7-17/h1-11,16H,12-15H2,(H,29,32). The maximum atomic E-state index is 14.4. The van der Waals surface area contributed by atoms with Gasteiger partial charge in [-0.15, -0.1) is 0 Å². The van der Waals surface area contributed by atoms with Gasteiger partial charge in [-0.3, -0.25) is 4.79 Å². The van der Waals surface area contributed by atoms with E-state index in [1.54, 1.807) is 0 Å². The molecular weight excluding hydrogens is 486 g/mol. The van der Waals surface area contributed by atoms with Crippen molar-refractivity contribution in [2.24, 2.45) is 0 Å². The molecule has 35 heavy (non-hydrogen) atoms. The van der Waals surface area contributed by atoms with E-state index < -0.39 is 44.7 Å². The van der Waals surface area contributed by atoms with E-state index in [9.17, 15) is 30.8 Å². The minimum absolute atomic E-state index is 0.176. The summed E-state index contributed by atoms with van der Waals surface area (Å²) in [5, 5.41) is 2.04. The highest BCUT2D eigenvalue weighted by molar-refractivity contribution is 7.89. The lowest BCUT2D eigenvalue weighted by Crippen LogP contribution is -2.48. The van der Waals surface area contributed by atoms with Crippen molar-refractivity contribution in [3.05, 3.63) is 89.7 Å². The van der Waals surface area contributed by atoms with Crippen molar-refractivity contribution in [3.63, 3.8) is 0 Å². The van der Waals surface area contributed by atoms with Crippen molar-refractivity contribution < 1.29 is 30.8 Å². The second-order valence-electron chi connectivity index (χ2n) is 7.87. The van der Waals surface area contributed by atoms with E-state index in [1.165, 1.54) is 10.4 Å². The van der Waals surface area contributed by atoms with Crippen LogP contribution >= 0.6 is 0 Å². The van der Waals surface area contributed by atoms with Gasteiger partial charge < -0.3 is 10.2 Å². The highest BCUT2D eigenvalue weighted by atomic mass is 32.2. The number of rotatable bonds is 5. The number of alkyl halides is 3. The van der Waals surface area contributed by atoms with E-state index in [1.807, 2.05) is 40.5 Å². The maximum absolute atomic E-state index is 14.4. The van der Waals surface area contributed by atoms with Crippen LogP contribution in [-0.2, 0) is 16.2 Å². The predicted molar refractivity (Wildman–Crippen MR) is 123 cm³/mol. The zero-order chi connectivity index (χ0) is 25.2. The number of sulfonamides is 1. The van der Waals surface area contributed by atoms with Gasteiger partial charge in [0, 0.05) is 31.9 Å². The van der Waals surface area contributed by atoms with Gasteiger partial charge in [0.1, 0.15) is 5.82 Å². The summed E-state index contributed by atoms with van der Waals surface area (Å²) in [5.74, 6) is -2.25. The van der Waals surface area contributed by atoms with Crippen LogP contribution in [0.1, 0.15) is 15.9 Å². The molecule has 6 nitrogen and oxygen atoms in total. The molecule has 1 fully saturated rings. The van der Waals surface area contributed by atoms with Gasteiger partial charge in [0.15, 0.2) is 0 Å². The van der Waals surface area contributed by atoms with E-state index in [2.05, 4.69) is 0 Å². The number of anilines is 2. The summed E-state index contributed by atoms with van der Waals surface area (Å²) in [6, 6.07) is 16.5. The van der Waals surface area contributed by atoms with Gasteiger partial charge in [0.25, 0.3) is 5.91 Å². The summed E-state index contributed by atoms with van der Waals surface area (Å²) in [6.45, 7) is 1.22. The van der Waals surface area contributed by atoms with Crippen LogP contribution in [0.15, 0.2) is 77.7 Å². The SMILES string of the molecule is O=C(Nc1ccccc1C(F)(F)F)c1cc(S(=O)(=O)N2CCN(c3ccccc3)CC2)ccc1F. The molecular formula is C24H21F4N3O3S. The van der Waals surface area contributed by atoms with E-state index in [0.29, 0.717) is 13.1 Å². The molecule has 0 aliphatic carbocycles. The number of nitrogens with zero attached hydrogens (tertiary/aromatic N) is 2. The van der Waals surface area contributed by atoms with Crippen molar-refractivity contribution in [2.45, 2.75) is 11.1 Å². The molecule has 0 atom stereocenters. The Morgan fingerprint density at radius 1 is 0.857 bits per heavy atom. The Balaban J connectivity index is 1.54. The molecule has 1 aliphatic rings. The Kier molecular flexibility index (Phi) is 6.82. The average Bonchev–Trinajstić information content (AvgIpc) is 2.84. The fraction of sp³-hybridized carbons (Fsp3) is 0.208. The highest BCUT2D eigenvalue weighted by Crippen LogP contribution is 2.35. The third-order valence-electron chi connectivity index (χ3n) is 5.66. The lowest BCUT2D eigenvalue weighted by Gasteiger charge is -2.35. The second kappa shape index (κ2) is 9.67. The lowest BCUT2D eigenvalue weighted by molar-refractivity contribution is -0.136. The smallest absolute Gasteiger partial charge is 0.369 e. The molecule has 3 aromatic carbocycles. The molecule has 0 bridgehead atoms. The maximum Gasteiger partial charge on any atom is 0.418 e. The van der Waals surface area contributed by atoms with Crippen LogP contribution in [-0.4, -0.2) is 44.8 Å². The molecule has 3 aromatic rings. The molecule has 0 spiro atoms. The number of benzene rings is 3. The molecule has 1 heterocycles. The Labute approximate surface area is 199 Å². The van der Waals surface area contributed by atoms with Gasteiger partial charge in [0.05, 0.1) is 21.7 Å². The molecule has 0 unspecified atom stereocenters. The first kappa shape index (κ1) is 24.7. The molecule has 1 aliphatic heterocycles. The zero-order valence-electron chi connectivity index (χ0n) is 18.3. The first-order chi connectivity index (χ1) is 16.6. The van der Waals surface area contributed by atoms with Crippen LogP contribution in [0, 0.1) is 5.82 Å². The van der Waals surface area contributed by atoms with Crippen molar-refractivity contribution in [2.75, 3.05) is 36.4 Å². The van der Waals surface area contributed by atoms with Crippen molar-refractivity contribution in [1.82, 2.24) is 4.31 Å². The van der Waals surface area contributed by atoms with Crippen LogP contribution in [0.4, 0.5) is 28.9 Å². The second-order valence-corrected chi connectivity index (χ2v) is 9.80. The number of piperazine rings is 1. The van der Waals surface area contributed by atoms with E-state index >= 15 is 0 Å². The zero-order valence-corrected chi connectivity index (χ0v) is 19.1. The van der Waals surface area contributed by atoms with Crippen LogP contribution in [0.25, 0.3) is 0 Å². The van der Waals surface area contributed by atoms with Gasteiger partial charge in [0.2, 0.25) is 10.0 Å². The number of carbonyl (C=O) groups excluding carboxylic acids is 1. The Morgan fingerprint density at radius 3 is 2.14 bits per heavy atom. The minimum atomic E-state index is -4.74. The van der Waals surface area contributed by atoms with E-state index in [-0.39, 0.29) is 18.0 Å². The van der Waals surface area contributed by atoms with E-state index in [4.69, 9.17) is 0 Å². The molecule has 1 N–H and O–H groups in total. The number of hydrogen-bond acceptors (Lipinski definition) is 4. The monoisotopic (exact) mass is 507 g/mol. The van der Waals surface area contributed by atoms with Gasteiger partial charge in [-0.25, -0.2) is 12.8 Å². The van der Waals surface area contributed by atoms with Crippen LogP contribution in [0.2, 0.25) is 0 Å². The molecule has 0 saturated carbocycles.